The van der Waals surface area contributed by atoms with Gasteiger partial charge in [0.2, 0.25) is 0 Å². The van der Waals surface area contributed by atoms with Gasteiger partial charge in [0.25, 0.3) is 5.91 Å². The van der Waals surface area contributed by atoms with Crippen LogP contribution in [0, 0.1) is 0 Å². The lowest BCUT2D eigenvalue weighted by atomic mass is 10.3. The molecule has 0 atom stereocenters. The lowest BCUT2D eigenvalue weighted by molar-refractivity contribution is 0.0816. The molecule has 0 N–H and O–H groups in total. The van der Waals surface area contributed by atoms with Gasteiger partial charge < -0.3 is 14.4 Å². The zero-order valence-electron chi connectivity index (χ0n) is 11.8. The van der Waals surface area contributed by atoms with Crippen molar-refractivity contribution in [1.29, 1.82) is 0 Å². The standard InChI is InChI=1S/C14H20N2O3/c1-9(2)18-11-7-12(19-10-5-6-10)13(15-8-11)14(17)16(3)4/h7-10H,5-6H2,1-4H3. The van der Waals surface area contributed by atoms with E-state index in [1.54, 1.807) is 26.4 Å². The summed E-state index contributed by atoms with van der Waals surface area (Å²) >= 11 is 0. The van der Waals surface area contributed by atoms with Crippen molar-refractivity contribution < 1.29 is 14.3 Å². The Hall–Kier alpha value is -1.78. The van der Waals surface area contributed by atoms with E-state index in [-0.39, 0.29) is 18.1 Å². The number of rotatable bonds is 5. The average molecular weight is 264 g/mol. The predicted molar refractivity (Wildman–Crippen MR) is 71.7 cm³/mol. The van der Waals surface area contributed by atoms with E-state index in [2.05, 4.69) is 4.98 Å². The van der Waals surface area contributed by atoms with E-state index in [4.69, 9.17) is 9.47 Å². The van der Waals surface area contributed by atoms with Crippen LogP contribution in [0.15, 0.2) is 12.3 Å². The van der Waals surface area contributed by atoms with Gasteiger partial charge in [-0.25, -0.2) is 4.98 Å². The van der Waals surface area contributed by atoms with E-state index >= 15 is 0 Å². The van der Waals surface area contributed by atoms with Crippen molar-refractivity contribution in [3.8, 4) is 11.5 Å². The second-order valence-electron chi connectivity index (χ2n) is 5.20. The van der Waals surface area contributed by atoms with E-state index in [9.17, 15) is 4.79 Å². The quantitative estimate of drug-likeness (QED) is 0.817. The summed E-state index contributed by atoms with van der Waals surface area (Å²) in [5.74, 6) is 0.979. The maximum Gasteiger partial charge on any atom is 0.275 e. The van der Waals surface area contributed by atoms with Crippen molar-refractivity contribution in [3.05, 3.63) is 18.0 Å². The van der Waals surface area contributed by atoms with Gasteiger partial charge in [0, 0.05) is 20.2 Å². The second kappa shape index (κ2) is 5.47. The molecular weight excluding hydrogens is 244 g/mol. The van der Waals surface area contributed by atoms with Gasteiger partial charge in [-0.3, -0.25) is 4.79 Å². The monoisotopic (exact) mass is 264 g/mol. The third-order valence-corrected chi connectivity index (χ3v) is 2.63. The van der Waals surface area contributed by atoms with Crippen molar-refractivity contribution in [2.45, 2.75) is 38.9 Å². The molecule has 104 valence electrons. The molecule has 1 amide bonds. The highest BCUT2D eigenvalue weighted by atomic mass is 16.5. The molecule has 1 aromatic heterocycles. The van der Waals surface area contributed by atoms with Crippen LogP contribution in [0.25, 0.3) is 0 Å². The molecule has 0 radical (unpaired) electrons. The summed E-state index contributed by atoms with van der Waals surface area (Å²) in [6, 6.07) is 1.75. The van der Waals surface area contributed by atoms with Crippen molar-refractivity contribution in [2.24, 2.45) is 0 Å². The zero-order chi connectivity index (χ0) is 14.0. The average Bonchev–Trinajstić information content (AvgIpc) is 3.11. The van der Waals surface area contributed by atoms with Crippen LogP contribution in [0.2, 0.25) is 0 Å². The lowest BCUT2D eigenvalue weighted by Gasteiger charge is -2.16. The Morgan fingerprint density at radius 3 is 2.63 bits per heavy atom. The second-order valence-corrected chi connectivity index (χ2v) is 5.20. The number of ether oxygens (including phenoxy) is 2. The largest absolute Gasteiger partial charge is 0.489 e. The minimum absolute atomic E-state index is 0.0611. The first-order valence-electron chi connectivity index (χ1n) is 6.52. The van der Waals surface area contributed by atoms with Crippen LogP contribution in [0.5, 0.6) is 11.5 Å². The van der Waals surface area contributed by atoms with Crippen molar-refractivity contribution in [3.63, 3.8) is 0 Å². The Morgan fingerprint density at radius 2 is 2.11 bits per heavy atom. The smallest absolute Gasteiger partial charge is 0.275 e. The summed E-state index contributed by atoms with van der Waals surface area (Å²) in [5.41, 5.74) is 0.341. The van der Waals surface area contributed by atoms with Gasteiger partial charge in [-0.05, 0) is 26.7 Å². The summed E-state index contributed by atoms with van der Waals surface area (Å²) in [7, 11) is 3.40. The lowest BCUT2D eigenvalue weighted by Crippen LogP contribution is -2.24. The Morgan fingerprint density at radius 1 is 1.42 bits per heavy atom. The highest BCUT2D eigenvalue weighted by molar-refractivity contribution is 5.94. The van der Waals surface area contributed by atoms with E-state index in [1.807, 2.05) is 13.8 Å². The first-order valence-corrected chi connectivity index (χ1v) is 6.52. The fourth-order valence-corrected chi connectivity index (χ4v) is 1.59. The minimum Gasteiger partial charge on any atom is -0.489 e. The fraction of sp³-hybridized carbons (Fsp3) is 0.571. The summed E-state index contributed by atoms with van der Waals surface area (Å²) in [4.78, 5) is 17.7. The molecule has 1 aliphatic carbocycles. The molecule has 0 unspecified atom stereocenters. The minimum atomic E-state index is -0.160. The highest BCUT2D eigenvalue weighted by Gasteiger charge is 2.27. The molecule has 1 aromatic rings. The van der Waals surface area contributed by atoms with Crippen LogP contribution < -0.4 is 9.47 Å². The summed E-state index contributed by atoms with van der Waals surface area (Å²) in [6.45, 7) is 3.89. The maximum atomic E-state index is 12.0. The number of amides is 1. The van der Waals surface area contributed by atoms with Crippen LogP contribution in [0.3, 0.4) is 0 Å². The summed E-state index contributed by atoms with van der Waals surface area (Å²) < 4.78 is 11.3. The van der Waals surface area contributed by atoms with Gasteiger partial charge in [0.1, 0.15) is 5.75 Å². The Balaban J connectivity index is 2.27. The normalized spacial score (nSPS) is 14.4. The van der Waals surface area contributed by atoms with Crippen molar-refractivity contribution in [1.82, 2.24) is 9.88 Å². The first-order chi connectivity index (χ1) is 8.97. The van der Waals surface area contributed by atoms with Gasteiger partial charge in [-0.2, -0.15) is 0 Å². The molecule has 0 aliphatic heterocycles. The number of hydrogen-bond acceptors (Lipinski definition) is 4. The fourth-order valence-electron chi connectivity index (χ4n) is 1.59. The SMILES string of the molecule is CC(C)Oc1cnc(C(=O)N(C)C)c(OC2CC2)c1. The Labute approximate surface area is 113 Å². The predicted octanol–water partition coefficient (Wildman–Crippen LogP) is 2.11. The number of nitrogens with zero attached hydrogens (tertiary/aromatic N) is 2. The number of pyridine rings is 1. The van der Waals surface area contributed by atoms with E-state index in [0.29, 0.717) is 17.2 Å². The molecule has 19 heavy (non-hydrogen) atoms. The van der Waals surface area contributed by atoms with Crippen LogP contribution in [-0.4, -0.2) is 42.1 Å². The highest BCUT2D eigenvalue weighted by Crippen LogP contribution is 2.31. The van der Waals surface area contributed by atoms with Gasteiger partial charge in [-0.15, -0.1) is 0 Å². The number of aromatic nitrogens is 1. The molecule has 0 aromatic carbocycles. The van der Waals surface area contributed by atoms with Gasteiger partial charge in [-0.1, -0.05) is 0 Å². The van der Waals surface area contributed by atoms with Crippen molar-refractivity contribution in [2.75, 3.05) is 14.1 Å². The molecule has 1 saturated carbocycles. The first kappa shape index (κ1) is 13.6. The zero-order valence-corrected chi connectivity index (χ0v) is 11.8. The molecule has 1 aliphatic rings. The molecule has 0 spiro atoms. The van der Waals surface area contributed by atoms with Gasteiger partial charge in [0.15, 0.2) is 11.4 Å². The molecule has 0 saturated heterocycles. The number of carbonyl (C=O) groups excluding carboxylic acids is 1. The molecule has 5 nitrogen and oxygen atoms in total. The molecule has 1 fully saturated rings. The Kier molecular flexibility index (Phi) is 3.93. The van der Waals surface area contributed by atoms with E-state index < -0.39 is 0 Å². The molecule has 2 rings (SSSR count). The maximum absolute atomic E-state index is 12.0. The molecular formula is C14H20N2O3. The molecule has 5 heteroatoms. The van der Waals surface area contributed by atoms with E-state index in [0.717, 1.165) is 12.8 Å². The van der Waals surface area contributed by atoms with Crippen molar-refractivity contribution >= 4 is 5.91 Å². The molecule has 1 heterocycles. The van der Waals surface area contributed by atoms with Crippen LogP contribution >= 0.6 is 0 Å². The number of carbonyl (C=O) groups is 1. The summed E-state index contributed by atoms with van der Waals surface area (Å²) in [5, 5.41) is 0. The third-order valence-electron chi connectivity index (χ3n) is 2.63. The topological polar surface area (TPSA) is 51.7 Å². The Bertz CT molecular complexity index is 468. The van der Waals surface area contributed by atoms with Gasteiger partial charge in [0.05, 0.1) is 18.4 Å². The van der Waals surface area contributed by atoms with Crippen LogP contribution in [-0.2, 0) is 0 Å². The third kappa shape index (κ3) is 3.59. The van der Waals surface area contributed by atoms with Crippen LogP contribution in [0.4, 0.5) is 0 Å². The number of hydrogen-bond donors (Lipinski definition) is 0. The van der Waals surface area contributed by atoms with Gasteiger partial charge >= 0.3 is 0 Å². The van der Waals surface area contributed by atoms with Crippen LogP contribution in [0.1, 0.15) is 37.2 Å². The van der Waals surface area contributed by atoms with E-state index in [1.165, 1.54) is 4.90 Å². The molecule has 0 bridgehead atoms. The summed E-state index contributed by atoms with van der Waals surface area (Å²) in [6.07, 6.45) is 3.91.